The number of piperidine rings is 2. The molecule has 170 valence electrons. The SMILES string of the molecule is Cc1cc(C)c2nc(N3CCC[C@H](C(=O)NCCCN4C[C@H](C)C[C@@H](C)C4)C3)sc2c1. The Kier molecular flexibility index (Phi) is 7.17. The van der Waals surface area contributed by atoms with Crippen LogP contribution in [0.5, 0.6) is 0 Å². The molecule has 1 N–H and O–H groups in total. The largest absolute Gasteiger partial charge is 0.356 e. The van der Waals surface area contributed by atoms with Crippen molar-refractivity contribution in [3.05, 3.63) is 23.3 Å². The molecule has 0 saturated carbocycles. The number of hydrogen-bond donors (Lipinski definition) is 1. The molecule has 4 rings (SSSR count). The summed E-state index contributed by atoms with van der Waals surface area (Å²) in [5.74, 6) is 1.88. The van der Waals surface area contributed by atoms with Crippen LogP contribution in [0, 0.1) is 31.6 Å². The van der Waals surface area contributed by atoms with Gasteiger partial charge in [-0.1, -0.05) is 31.3 Å². The molecule has 2 aliphatic heterocycles. The minimum absolute atomic E-state index is 0.0682. The van der Waals surface area contributed by atoms with Crippen LogP contribution in [0.25, 0.3) is 10.2 Å². The van der Waals surface area contributed by atoms with E-state index < -0.39 is 0 Å². The van der Waals surface area contributed by atoms with Gasteiger partial charge in [0.2, 0.25) is 5.91 Å². The van der Waals surface area contributed by atoms with Gasteiger partial charge in [0.15, 0.2) is 5.13 Å². The zero-order chi connectivity index (χ0) is 22.0. The minimum atomic E-state index is 0.0682. The van der Waals surface area contributed by atoms with Crippen LogP contribution in [0.4, 0.5) is 5.13 Å². The Morgan fingerprint density at radius 1 is 1.19 bits per heavy atom. The smallest absolute Gasteiger partial charge is 0.224 e. The predicted molar refractivity (Wildman–Crippen MR) is 131 cm³/mol. The summed E-state index contributed by atoms with van der Waals surface area (Å²) in [6.07, 6.45) is 4.42. The number of amides is 1. The van der Waals surface area contributed by atoms with Gasteiger partial charge < -0.3 is 15.1 Å². The summed E-state index contributed by atoms with van der Waals surface area (Å²) in [4.78, 5) is 22.6. The van der Waals surface area contributed by atoms with Crippen LogP contribution < -0.4 is 10.2 Å². The van der Waals surface area contributed by atoms with Crippen molar-refractivity contribution in [2.24, 2.45) is 17.8 Å². The highest BCUT2D eigenvalue weighted by atomic mass is 32.1. The third-order valence-electron chi connectivity index (χ3n) is 6.78. The Morgan fingerprint density at radius 3 is 2.74 bits per heavy atom. The number of nitrogens with zero attached hydrogens (tertiary/aromatic N) is 3. The van der Waals surface area contributed by atoms with Gasteiger partial charge in [0.1, 0.15) is 0 Å². The monoisotopic (exact) mass is 442 g/mol. The number of carbonyl (C=O) groups is 1. The molecule has 3 atom stereocenters. The number of nitrogens with one attached hydrogen (secondary N) is 1. The first-order valence-electron chi connectivity index (χ1n) is 12.0. The van der Waals surface area contributed by atoms with Crippen LogP contribution in [-0.4, -0.2) is 55.1 Å². The van der Waals surface area contributed by atoms with Crippen molar-refractivity contribution in [2.45, 2.75) is 53.4 Å². The van der Waals surface area contributed by atoms with E-state index in [9.17, 15) is 4.79 Å². The molecule has 2 fully saturated rings. The second-order valence-electron chi connectivity index (χ2n) is 10.1. The van der Waals surface area contributed by atoms with Gasteiger partial charge in [-0.15, -0.1) is 0 Å². The van der Waals surface area contributed by atoms with Crippen molar-refractivity contribution in [1.29, 1.82) is 0 Å². The maximum absolute atomic E-state index is 12.8. The Morgan fingerprint density at radius 2 is 1.97 bits per heavy atom. The van der Waals surface area contributed by atoms with E-state index in [1.807, 2.05) is 0 Å². The van der Waals surface area contributed by atoms with Gasteiger partial charge in [-0.25, -0.2) is 4.98 Å². The van der Waals surface area contributed by atoms with Crippen LogP contribution in [0.2, 0.25) is 0 Å². The van der Waals surface area contributed by atoms with E-state index >= 15 is 0 Å². The van der Waals surface area contributed by atoms with Crippen molar-refractivity contribution in [1.82, 2.24) is 15.2 Å². The molecule has 2 saturated heterocycles. The zero-order valence-corrected chi connectivity index (χ0v) is 20.4. The third kappa shape index (κ3) is 5.58. The highest BCUT2D eigenvalue weighted by Crippen LogP contribution is 2.33. The van der Waals surface area contributed by atoms with E-state index in [2.05, 4.69) is 54.9 Å². The number of rotatable bonds is 6. The van der Waals surface area contributed by atoms with Crippen molar-refractivity contribution < 1.29 is 4.79 Å². The van der Waals surface area contributed by atoms with Gasteiger partial charge in [-0.05, 0) is 75.1 Å². The first-order valence-corrected chi connectivity index (χ1v) is 12.8. The lowest BCUT2D eigenvalue weighted by Crippen LogP contribution is -2.44. The van der Waals surface area contributed by atoms with Crippen molar-refractivity contribution >= 4 is 32.6 Å². The van der Waals surface area contributed by atoms with Crippen LogP contribution >= 0.6 is 11.3 Å². The molecule has 31 heavy (non-hydrogen) atoms. The number of carbonyl (C=O) groups excluding carboxylic acids is 1. The molecular formula is C25H38N4OS. The van der Waals surface area contributed by atoms with Gasteiger partial charge in [0, 0.05) is 32.7 Å². The van der Waals surface area contributed by atoms with Crippen LogP contribution in [0.1, 0.15) is 50.7 Å². The van der Waals surface area contributed by atoms with E-state index in [-0.39, 0.29) is 11.8 Å². The Balaban J connectivity index is 1.27. The average Bonchev–Trinajstić information content (AvgIpc) is 3.15. The molecule has 0 bridgehead atoms. The molecule has 6 heteroatoms. The lowest BCUT2D eigenvalue weighted by Gasteiger charge is -2.35. The molecule has 0 unspecified atom stereocenters. The lowest BCUT2D eigenvalue weighted by molar-refractivity contribution is -0.125. The number of hydrogen-bond acceptors (Lipinski definition) is 5. The molecule has 5 nitrogen and oxygen atoms in total. The first-order chi connectivity index (χ1) is 14.9. The maximum Gasteiger partial charge on any atom is 0.224 e. The van der Waals surface area contributed by atoms with E-state index in [0.717, 1.165) is 67.9 Å². The Labute approximate surface area is 191 Å². The molecule has 0 radical (unpaired) electrons. The standard InChI is InChI=1S/C25H38N4OS/c1-17-12-20(4)23-22(13-17)31-25(27-23)29-10-5-7-21(16-29)24(30)26-8-6-9-28-14-18(2)11-19(3)15-28/h12-13,18-19,21H,5-11,14-16H2,1-4H3,(H,26,30)/t18-,19-,21+/m1/s1. The van der Waals surface area contributed by atoms with Gasteiger partial charge in [-0.2, -0.15) is 0 Å². The summed E-state index contributed by atoms with van der Waals surface area (Å²) in [6, 6.07) is 4.42. The summed E-state index contributed by atoms with van der Waals surface area (Å²) < 4.78 is 1.25. The molecule has 3 heterocycles. The first kappa shape index (κ1) is 22.5. The van der Waals surface area contributed by atoms with Gasteiger partial charge in [0.25, 0.3) is 0 Å². The van der Waals surface area contributed by atoms with Crippen LogP contribution in [-0.2, 0) is 4.79 Å². The predicted octanol–water partition coefficient (Wildman–Crippen LogP) is 4.61. The van der Waals surface area contributed by atoms with Gasteiger partial charge >= 0.3 is 0 Å². The Hall–Kier alpha value is -1.66. The number of benzene rings is 1. The fourth-order valence-corrected chi connectivity index (χ4v) is 6.67. The third-order valence-corrected chi connectivity index (χ3v) is 7.84. The summed E-state index contributed by atoms with van der Waals surface area (Å²) in [7, 11) is 0. The molecule has 1 aromatic carbocycles. The number of aromatic nitrogens is 1. The highest BCUT2D eigenvalue weighted by molar-refractivity contribution is 7.22. The summed E-state index contributed by atoms with van der Waals surface area (Å²) in [6.45, 7) is 15.0. The average molecular weight is 443 g/mol. The molecule has 2 aliphatic rings. The van der Waals surface area contributed by atoms with Gasteiger partial charge in [0.05, 0.1) is 16.1 Å². The summed E-state index contributed by atoms with van der Waals surface area (Å²) in [5.41, 5.74) is 3.63. The number of likely N-dealkylation sites (tertiary alicyclic amines) is 1. The van der Waals surface area contributed by atoms with Crippen molar-refractivity contribution in [2.75, 3.05) is 44.2 Å². The number of thiazole rings is 1. The molecular weight excluding hydrogens is 404 g/mol. The minimum Gasteiger partial charge on any atom is -0.356 e. The molecule has 1 aromatic heterocycles. The maximum atomic E-state index is 12.8. The van der Waals surface area contributed by atoms with Crippen LogP contribution in [0.3, 0.4) is 0 Å². The molecule has 2 aromatic rings. The second kappa shape index (κ2) is 9.86. The van der Waals surface area contributed by atoms with Crippen LogP contribution in [0.15, 0.2) is 12.1 Å². The second-order valence-corrected chi connectivity index (χ2v) is 11.1. The number of anilines is 1. The normalized spacial score (nSPS) is 25.2. The summed E-state index contributed by atoms with van der Waals surface area (Å²) in [5, 5.41) is 4.28. The summed E-state index contributed by atoms with van der Waals surface area (Å²) >= 11 is 1.76. The molecule has 0 aliphatic carbocycles. The fourth-order valence-electron chi connectivity index (χ4n) is 5.49. The van der Waals surface area contributed by atoms with Crippen molar-refractivity contribution in [3.8, 4) is 0 Å². The highest BCUT2D eigenvalue weighted by Gasteiger charge is 2.27. The topological polar surface area (TPSA) is 48.5 Å². The fraction of sp³-hybridized carbons (Fsp3) is 0.680. The van der Waals surface area contributed by atoms with E-state index in [1.54, 1.807) is 11.3 Å². The zero-order valence-electron chi connectivity index (χ0n) is 19.6. The molecule has 0 spiro atoms. The Bertz CT molecular complexity index is 900. The quantitative estimate of drug-likeness (QED) is 0.664. The molecule has 1 amide bonds. The van der Waals surface area contributed by atoms with E-state index in [0.29, 0.717) is 0 Å². The van der Waals surface area contributed by atoms with Gasteiger partial charge in [-0.3, -0.25) is 4.79 Å². The van der Waals surface area contributed by atoms with E-state index in [4.69, 9.17) is 4.98 Å². The van der Waals surface area contributed by atoms with Crippen molar-refractivity contribution in [3.63, 3.8) is 0 Å². The lowest BCUT2D eigenvalue weighted by atomic mass is 9.92. The number of aryl methyl sites for hydroxylation is 2. The number of fused-ring (bicyclic) bond motifs is 1. The van der Waals surface area contributed by atoms with E-state index in [1.165, 1.54) is 35.3 Å².